The van der Waals surface area contributed by atoms with Gasteiger partial charge in [0.25, 0.3) is 5.91 Å². The van der Waals surface area contributed by atoms with Gasteiger partial charge >= 0.3 is 0 Å². The summed E-state index contributed by atoms with van der Waals surface area (Å²) in [7, 11) is 3.09. The Balaban J connectivity index is 1.32. The summed E-state index contributed by atoms with van der Waals surface area (Å²) in [5.74, 6) is 0.329. The Morgan fingerprint density at radius 2 is 1.75 bits per heavy atom. The molecule has 0 aromatic heterocycles. The smallest absolute Gasteiger partial charge is 0.251 e. The van der Waals surface area contributed by atoms with Gasteiger partial charge in [-0.05, 0) is 42.7 Å². The molecular weight excluding hydrogens is 410 g/mol. The van der Waals surface area contributed by atoms with Crippen LogP contribution in [0.4, 0.5) is 5.69 Å². The first-order valence-corrected chi connectivity index (χ1v) is 10.7. The van der Waals surface area contributed by atoms with E-state index in [1.807, 2.05) is 12.1 Å². The largest absolute Gasteiger partial charge is 0.493 e. The fourth-order valence-electron chi connectivity index (χ4n) is 3.73. The lowest BCUT2D eigenvalue weighted by atomic mass is 10.1. The zero-order valence-corrected chi connectivity index (χ0v) is 18.2. The van der Waals surface area contributed by atoms with Gasteiger partial charge in [-0.25, -0.2) is 0 Å². The molecule has 2 fully saturated rings. The molecule has 1 atom stereocenters. The lowest BCUT2D eigenvalue weighted by Crippen LogP contribution is -2.32. The van der Waals surface area contributed by atoms with Crippen molar-refractivity contribution in [1.29, 1.82) is 0 Å². The highest BCUT2D eigenvalue weighted by molar-refractivity contribution is 6.00. The highest BCUT2D eigenvalue weighted by Crippen LogP contribution is 2.34. The zero-order valence-electron chi connectivity index (χ0n) is 18.2. The molecule has 32 heavy (non-hydrogen) atoms. The van der Waals surface area contributed by atoms with Crippen LogP contribution in [0.25, 0.3) is 0 Å². The Morgan fingerprint density at radius 1 is 1.03 bits per heavy atom. The van der Waals surface area contributed by atoms with Gasteiger partial charge in [-0.15, -0.1) is 0 Å². The van der Waals surface area contributed by atoms with E-state index >= 15 is 0 Å². The predicted molar refractivity (Wildman–Crippen MR) is 119 cm³/mol. The van der Waals surface area contributed by atoms with Crippen LogP contribution >= 0.6 is 0 Å². The number of carbonyl (C=O) groups excluding carboxylic acids is 3. The number of hydrogen-bond acceptors (Lipinski definition) is 5. The van der Waals surface area contributed by atoms with Crippen molar-refractivity contribution >= 4 is 23.4 Å². The van der Waals surface area contributed by atoms with E-state index in [9.17, 15) is 14.4 Å². The summed E-state index contributed by atoms with van der Waals surface area (Å²) in [5, 5.41) is 5.85. The van der Waals surface area contributed by atoms with Crippen molar-refractivity contribution in [2.24, 2.45) is 5.92 Å². The molecule has 2 aromatic rings. The molecule has 2 aliphatic rings. The number of nitrogens with one attached hydrogen (secondary N) is 2. The summed E-state index contributed by atoms with van der Waals surface area (Å²) in [4.78, 5) is 38.9. The van der Waals surface area contributed by atoms with Crippen molar-refractivity contribution in [2.75, 3.05) is 25.7 Å². The molecule has 1 heterocycles. The minimum Gasteiger partial charge on any atom is -0.493 e. The molecule has 168 valence electrons. The van der Waals surface area contributed by atoms with Crippen LogP contribution in [0.1, 0.15) is 35.2 Å². The Bertz CT molecular complexity index is 1020. The number of carbonyl (C=O) groups is 3. The van der Waals surface area contributed by atoms with Gasteiger partial charge in [0.05, 0.1) is 20.1 Å². The standard InChI is InChI=1S/C24H27N3O5/c1-31-20-10-9-19(12-21(20)32-2)27-14-17(11-22(27)28)23(29)25-13-15-3-5-16(6-4-15)24(30)26-18-7-8-18/h3-6,9-10,12,17-18H,7-8,11,13-14H2,1-2H3,(H,25,29)(H,26,30). The van der Waals surface area contributed by atoms with Crippen molar-refractivity contribution < 1.29 is 23.9 Å². The first kappa shape index (κ1) is 21.7. The third kappa shape index (κ3) is 4.85. The maximum absolute atomic E-state index is 12.7. The van der Waals surface area contributed by atoms with Gasteiger partial charge in [0.2, 0.25) is 11.8 Å². The first-order valence-electron chi connectivity index (χ1n) is 10.7. The molecule has 0 bridgehead atoms. The van der Waals surface area contributed by atoms with Crippen LogP contribution in [-0.2, 0) is 16.1 Å². The molecule has 8 nitrogen and oxygen atoms in total. The second-order valence-corrected chi connectivity index (χ2v) is 8.11. The van der Waals surface area contributed by atoms with Crippen LogP contribution in [0.2, 0.25) is 0 Å². The highest BCUT2D eigenvalue weighted by atomic mass is 16.5. The molecule has 1 aliphatic carbocycles. The molecule has 8 heteroatoms. The van der Waals surface area contributed by atoms with E-state index in [0.717, 1.165) is 18.4 Å². The van der Waals surface area contributed by atoms with Gasteiger partial charge in [0.15, 0.2) is 11.5 Å². The number of amides is 3. The fourth-order valence-corrected chi connectivity index (χ4v) is 3.73. The van der Waals surface area contributed by atoms with E-state index in [-0.39, 0.29) is 24.1 Å². The SMILES string of the molecule is COc1ccc(N2CC(C(=O)NCc3ccc(C(=O)NC4CC4)cc3)CC2=O)cc1OC. The molecule has 1 unspecified atom stereocenters. The van der Waals surface area contributed by atoms with Gasteiger partial charge in [0, 0.05) is 42.9 Å². The quantitative estimate of drug-likeness (QED) is 0.660. The fraction of sp³-hybridized carbons (Fsp3) is 0.375. The highest BCUT2D eigenvalue weighted by Gasteiger charge is 2.35. The number of nitrogens with zero attached hydrogens (tertiary/aromatic N) is 1. The van der Waals surface area contributed by atoms with Crippen molar-refractivity contribution in [2.45, 2.75) is 31.8 Å². The predicted octanol–water partition coefficient (Wildman–Crippen LogP) is 2.27. The average molecular weight is 437 g/mol. The van der Waals surface area contributed by atoms with Crippen LogP contribution in [0, 0.1) is 5.92 Å². The second kappa shape index (κ2) is 9.30. The number of hydrogen-bond donors (Lipinski definition) is 2. The topological polar surface area (TPSA) is 97.0 Å². The Kier molecular flexibility index (Phi) is 6.30. The van der Waals surface area contributed by atoms with Crippen LogP contribution in [0.15, 0.2) is 42.5 Å². The van der Waals surface area contributed by atoms with Gasteiger partial charge in [-0.3, -0.25) is 14.4 Å². The summed E-state index contributed by atoms with van der Waals surface area (Å²) in [5.41, 5.74) is 2.17. The number of methoxy groups -OCH3 is 2. The average Bonchev–Trinajstić information content (AvgIpc) is 3.55. The number of benzene rings is 2. The van der Waals surface area contributed by atoms with E-state index in [1.165, 1.54) is 7.11 Å². The molecular formula is C24H27N3O5. The van der Waals surface area contributed by atoms with E-state index in [1.54, 1.807) is 42.3 Å². The maximum atomic E-state index is 12.7. The molecule has 1 saturated heterocycles. The molecule has 4 rings (SSSR count). The molecule has 2 aromatic carbocycles. The number of rotatable bonds is 8. The number of anilines is 1. The van der Waals surface area contributed by atoms with Gasteiger partial charge in [-0.2, -0.15) is 0 Å². The Labute approximate surface area is 186 Å². The van der Waals surface area contributed by atoms with Crippen LogP contribution in [0.5, 0.6) is 11.5 Å². The summed E-state index contributed by atoms with van der Waals surface area (Å²) in [6, 6.07) is 12.8. The number of ether oxygens (including phenoxy) is 2. The van der Waals surface area contributed by atoms with Crippen LogP contribution in [0.3, 0.4) is 0 Å². The maximum Gasteiger partial charge on any atom is 0.251 e. The summed E-state index contributed by atoms with van der Waals surface area (Å²) >= 11 is 0. The normalized spacial score (nSPS) is 17.8. The molecule has 0 radical (unpaired) electrons. The minimum absolute atomic E-state index is 0.0668. The van der Waals surface area contributed by atoms with Crippen molar-refractivity contribution in [3.63, 3.8) is 0 Å². The van der Waals surface area contributed by atoms with E-state index in [4.69, 9.17) is 9.47 Å². The Morgan fingerprint density at radius 3 is 2.41 bits per heavy atom. The van der Waals surface area contributed by atoms with Gasteiger partial charge in [-0.1, -0.05) is 12.1 Å². The minimum atomic E-state index is -0.431. The third-order valence-electron chi connectivity index (χ3n) is 5.77. The molecule has 3 amide bonds. The lowest BCUT2D eigenvalue weighted by Gasteiger charge is -2.18. The molecule has 0 spiro atoms. The van der Waals surface area contributed by atoms with Crippen molar-refractivity contribution in [3.8, 4) is 11.5 Å². The van der Waals surface area contributed by atoms with Crippen LogP contribution < -0.4 is 25.0 Å². The molecule has 1 aliphatic heterocycles. The van der Waals surface area contributed by atoms with Gasteiger partial charge < -0.3 is 25.0 Å². The van der Waals surface area contributed by atoms with E-state index in [2.05, 4.69) is 10.6 Å². The summed E-state index contributed by atoms with van der Waals surface area (Å²) in [6.45, 7) is 0.644. The second-order valence-electron chi connectivity index (χ2n) is 8.11. The van der Waals surface area contributed by atoms with Crippen molar-refractivity contribution in [1.82, 2.24) is 10.6 Å². The Hall–Kier alpha value is -3.55. The summed E-state index contributed by atoms with van der Waals surface area (Å²) in [6.07, 6.45) is 2.24. The summed E-state index contributed by atoms with van der Waals surface area (Å²) < 4.78 is 10.6. The van der Waals surface area contributed by atoms with Gasteiger partial charge in [0.1, 0.15) is 0 Å². The van der Waals surface area contributed by atoms with E-state index in [0.29, 0.717) is 41.9 Å². The third-order valence-corrected chi connectivity index (χ3v) is 5.77. The van der Waals surface area contributed by atoms with Crippen molar-refractivity contribution in [3.05, 3.63) is 53.6 Å². The van der Waals surface area contributed by atoms with E-state index < -0.39 is 5.92 Å². The van der Waals surface area contributed by atoms with Crippen LogP contribution in [-0.4, -0.2) is 44.5 Å². The zero-order chi connectivity index (χ0) is 22.7. The molecule has 1 saturated carbocycles. The molecule has 2 N–H and O–H groups in total. The first-order chi connectivity index (χ1) is 15.5. The lowest BCUT2D eigenvalue weighted by molar-refractivity contribution is -0.126. The monoisotopic (exact) mass is 437 g/mol.